The Morgan fingerprint density at radius 3 is 2.86 bits per heavy atom. The highest BCUT2D eigenvalue weighted by molar-refractivity contribution is 6.03. The van der Waals surface area contributed by atoms with Crippen molar-refractivity contribution in [1.29, 1.82) is 0 Å². The van der Waals surface area contributed by atoms with Crippen LogP contribution in [0.15, 0.2) is 36.4 Å². The Morgan fingerprint density at radius 2 is 2.14 bits per heavy atom. The van der Waals surface area contributed by atoms with Gasteiger partial charge in [0.1, 0.15) is 0 Å². The molecule has 118 valence electrons. The van der Waals surface area contributed by atoms with Gasteiger partial charge in [-0.15, -0.1) is 0 Å². The molecule has 1 aromatic carbocycles. The first kappa shape index (κ1) is 16.2. The maximum atomic E-state index is 12.1. The Morgan fingerprint density at radius 1 is 1.32 bits per heavy atom. The van der Waals surface area contributed by atoms with Crippen molar-refractivity contribution in [3.63, 3.8) is 0 Å². The third-order valence-electron chi connectivity index (χ3n) is 3.60. The Kier molecular flexibility index (Phi) is 6.15. The standard InChI is InChI=1S/C17H22N2O3/c1-22-11-10-18-17(21)14-8-4-5-9-15(14)19-16(20)12-13-6-2-3-7-13/h2,4-6,8-9,13H,3,7,10-12H2,1H3,(H,18,21)(H,19,20)/t13-/m1/s1. The third kappa shape index (κ3) is 4.70. The van der Waals surface area contributed by atoms with E-state index in [2.05, 4.69) is 22.8 Å². The fourth-order valence-electron chi connectivity index (χ4n) is 2.46. The quantitative estimate of drug-likeness (QED) is 0.600. The molecule has 1 aliphatic carbocycles. The van der Waals surface area contributed by atoms with Crippen LogP contribution in [-0.2, 0) is 9.53 Å². The predicted molar refractivity (Wildman–Crippen MR) is 85.8 cm³/mol. The van der Waals surface area contributed by atoms with Gasteiger partial charge in [0.2, 0.25) is 5.91 Å². The number of allylic oxidation sites excluding steroid dienone is 2. The monoisotopic (exact) mass is 302 g/mol. The van der Waals surface area contributed by atoms with Crippen LogP contribution in [0.1, 0.15) is 29.6 Å². The van der Waals surface area contributed by atoms with Crippen LogP contribution < -0.4 is 10.6 Å². The second kappa shape index (κ2) is 8.34. The fourth-order valence-corrected chi connectivity index (χ4v) is 2.46. The van der Waals surface area contributed by atoms with Crippen molar-refractivity contribution < 1.29 is 14.3 Å². The van der Waals surface area contributed by atoms with E-state index < -0.39 is 0 Å². The number of para-hydroxylation sites is 1. The van der Waals surface area contributed by atoms with E-state index in [0.29, 0.717) is 36.7 Å². The summed E-state index contributed by atoms with van der Waals surface area (Å²) in [5.41, 5.74) is 1.01. The Hall–Kier alpha value is -2.14. The topological polar surface area (TPSA) is 67.4 Å². The molecule has 1 atom stereocenters. The number of carbonyl (C=O) groups excluding carboxylic acids is 2. The molecule has 0 unspecified atom stereocenters. The van der Waals surface area contributed by atoms with E-state index in [1.54, 1.807) is 31.4 Å². The summed E-state index contributed by atoms with van der Waals surface area (Å²) < 4.78 is 4.91. The molecule has 1 aromatic rings. The highest BCUT2D eigenvalue weighted by Gasteiger charge is 2.16. The molecule has 0 saturated heterocycles. The summed E-state index contributed by atoms with van der Waals surface area (Å²) in [5.74, 6) is 0.0325. The summed E-state index contributed by atoms with van der Waals surface area (Å²) in [6.07, 6.45) is 6.71. The van der Waals surface area contributed by atoms with Crippen LogP contribution in [-0.4, -0.2) is 32.1 Å². The van der Waals surface area contributed by atoms with Gasteiger partial charge in [0, 0.05) is 20.1 Å². The number of carbonyl (C=O) groups is 2. The van der Waals surface area contributed by atoms with E-state index in [1.165, 1.54) is 0 Å². The van der Waals surface area contributed by atoms with Gasteiger partial charge in [0.25, 0.3) is 5.91 Å². The zero-order valence-electron chi connectivity index (χ0n) is 12.8. The van der Waals surface area contributed by atoms with Crippen LogP contribution in [0.5, 0.6) is 0 Å². The number of nitrogens with one attached hydrogen (secondary N) is 2. The van der Waals surface area contributed by atoms with Gasteiger partial charge >= 0.3 is 0 Å². The molecule has 2 N–H and O–H groups in total. The molecule has 2 amide bonds. The second-order valence-electron chi connectivity index (χ2n) is 5.31. The average Bonchev–Trinajstić information content (AvgIpc) is 3.00. The van der Waals surface area contributed by atoms with Crippen LogP contribution in [0, 0.1) is 5.92 Å². The summed E-state index contributed by atoms with van der Waals surface area (Å²) in [6, 6.07) is 7.03. The minimum Gasteiger partial charge on any atom is -0.383 e. The van der Waals surface area contributed by atoms with Gasteiger partial charge in [-0.2, -0.15) is 0 Å². The van der Waals surface area contributed by atoms with E-state index >= 15 is 0 Å². The van der Waals surface area contributed by atoms with Crippen LogP contribution in [0.4, 0.5) is 5.69 Å². The smallest absolute Gasteiger partial charge is 0.253 e. The number of hydrogen-bond acceptors (Lipinski definition) is 3. The lowest BCUT2D eigenvalue weighted by Crippen LogP contribution is -2.28. The van der Waals surface area contributed by atoms with Crippen molar-refractivity contribution in [3.8, 4) is 0 Å². The molecule has 22 heavy (non-hydrogen) atoms. The largest absolute Gasteiger partial charge is 0.383 e. The number of hydrogen-bond donors (Lipinski definition) is 2. The molecule has 0 spiro atoms. The minimum atomic E-state index is -0.214. The number of benzene rings is 1. The van der Waals surface area contributed by atoms with Gasteiger partial charge in [0.15, 0.2) is 0 Å². The van der Waals surface area contributed by atoms with E-state index in [1.807, 2.05) is 0 Å². The molecule has 5 nitrogen and oxygen atoms in total. The van der Waals surface area contributed by atoms with Gasteiger partial charge in [-0.05, 0) is 30.9 Å². The van der Waals surface area contributed by atoms with Crippen LogP contribution in [0.2, 0.25) is 0 Å². The lowest BCUT2D eigenvalue weighted by atomic mass is 10.0. The van der Waals surface area contributed by atoms with Crippen molar-refractivity contribution in [2.24, 2.45) is 5.92 Å². The summed E-state index contributed by atoms with van der Waals surface area (Å²) in [7, 11) is 1.58. The van der Waals surface area contributed by atoms with E-state index in [0.717, 1.165) is 12.8 Å². The van der Waals surface area contributed by atoms with Crippen LogP contribution in [0.3, 0.4) is 0 Å². The lowest BCUT2D eigenvalue weighted by molar-refractivity contribution is -0.116. The van der Waals surface area contributed by atoms with Crippen molar-refractivity contribution in [3.05, 3.63) is 42.0 Å². The normalized spacial score (nSPS) is 16.5. The molecule has 0 saturated carbocycles. The molecule has 0 bridgehead atoms. The first-order valence-corrected chi connectivity index (χ1v) is 7.53. The Bertz CT molecular complexity index is 555. The summed E-state index contributed by atoms with van der Waals surface area (Å²) in [5, 5.41) is 5.60. The highest BCUT2D eigenvalue weighted by Crippen LogP contribution is 2.22. The van der Waals surface area contributed by atoms with Crippen molar-refractivity contribution >= 4 is 17.5 Å². The van der Waals surface area contributed by atoms with E-state index in [4.69, 9.17) is 4.74 Å². The first-order valence-electron chi connectivity index (χ1n) is 7.53. The molecule has 2 rings (SSSR count). The fraction of sp³-hybridized carbons (Fsp3) is 0.412. The predicted octanol–water partition coefficient (Wildman–Crippen LogP) is 2.36. The Labute approximate surface area is 130 Å². The summed E-state index contributed by atoms with van der Waals surface area (Å²) in [6.45, 7) is 0.888. The average molecular weight is 302 g/mol. The molecular formula is C17H22N2O3. The van der Waals surface area contributed by atoms with Gasteiger partial charge < -0.3 is 15.4 Å². The number of methoxy groups -OCH3 is 1. The van der Waals surface area contributed by atoms with Crippen molar-refractivity contribution in [2.45, 2.75) is 19.3 Å². The number of rotatable bonds is 7. The number of anilines is 1. The van der Waals surface area contributed by atoms with Gasteiger partial charge in [-0.1, -0.05) is 24.3 Å². The molecule has 0 aliphatic heterocycles. The zero-order valence-corrected chi connectivity index (χ0v) is 12.8. The summed E-state index contributed by atoms with van der Waals surface area (Å²) >= 11 is 0. The molecule has 0 heterocycles. The molecule has 1 aliphatic rings. The third-order valence-corrected chi connectivity index (χ3v) is 3.60. The van der Waals surface area contributed by atoms with Gasteiger partial charge in [-0.25, -0.2) is 0 Å². The molecular weight excluding hydrogens is 280 g/mol. The second-order valence-corrected chi connectivity index (χ2v) is 5.31. The van der Waals surface area contributed by atoms with E-state index in [-0.39, 0.29) is 11.8 Å². The van der Waals surface area contributed by atoms with Crippen molar-refractivity contribution in [2.75, 3.05) is 25.6 Å². The lowest BCUT2D eigenvalue weighted by Gasteiger charge is -2.12. The Balaban J connectivity index is 1.96. The van der Waals surface area contributed by atoms with Crippen LogP contribution in [0.25, 0.3) is 0 Å². The maximum Gasteiger partial charge on any atom is 0.253 e. The minimum absolute atomic E-state index is 0.0614. The first-order chi connectivity index (χ1) is 10.7. The number of ether oxygens (including phenoxy) is 1. The number of amides is 2. The van der Waals surface area contributed by atoms with E-state index in [9.17, 15) is 9.59 Å². The van der Waals surface area contributed by atoms with Crippen LogP contribution >= 0.6 is 0 Å². The highest BCUT2D eigenvalue weighted by atomic mass is 16.5. The van der Waals surface area contributed by atoms with Gasteiger partial charge in [-0.3, -0.25) is 9.59 Å². The zero-order chi connectivity index (χ0) is 15.8. The summed E-state index contributed by atoms with van der Waals surface area (Å²) in [4.78, 5) is 24.2. The molecule has 0 fully saturated rings. The molecule has 0 aromatic heterocycles. The molecule has 5 heteroatoms. The SMILES string of the molecule is COCCNC(=O)c1ccccc1NC(=O)C[C@@H]1C=CCC1. The van der Waals surface area contributed by atoms with Crippen molar-refractivity contribution in [1.82, 2.24) is 5.32 Å². The van der Waals surface area contributed by atoms with Gasteiger partial charge in [0.05, 0.1) is 17.9 Å². The maximum absolute atomic E-state index is 12.1. The molecule has 0 radical (unpaired) electrons.